The molecular weight excluding hydrogens is 303 g/mol. The molecule has 0 saturated heterocycles. The molecule has 2 unspecified atom stereocenters. The molecule has 0 bridgehead atoms. The summed E-state index contributed by atoms with van der Waals surface area (Å²) in [6, 6.07) is 26.4. The summed E-state index contributed by atoms with van der Waals surface area (Å²) in [6.07, 6.45) is 0. The smallest absolute Gasteiger partial charge is 0.872 e. The quantitative estimate of drug-likeness (QED) is 0.674. The van der Waals surface area contributed by atoms with E-state index < -0.39 is 0 Å². The zero-order valence-corrected chi connectivity index (χ0v) is 16.6. The van der Waals surface area contributed by atoms with E-state index in [1.807, 2.05) is 30.3 Å². The maximum absolute atomic E-state index is 12.3. The van der Waals surface area contributed by atoms with Crippen molar-refractivity contribution in [2.45, 2.75) is 25.7 Å². The van der Waals surface area contributed by atoms with Crippen LogP contribution in [-0.4, -0.2) is 0 Å². The van der Waals surface area contributed by atoms with Crippen molar-refractivity contribution >= 4 is 0 Å². The first kappa shape index (κ1) is 18.8. The molecule has 0 fully saturated rings. The zero-order valence-electron chi connectivity index (χ0n) is 14.6. The summed E-state index contributed by atoms with van der Waals surface area (Å²) < 4.78 is 0. The average Bonchev–Trinajstić information content (AvgIpc) is 2.62. The van der Waals surface area contributed by atoms with Crippen molar-refractivity contribution in [3.05, 3.63) is 101 Å². The standard InChI is InChI=1S/C22H22O.Na/c1-16(18-9-5-3-6-10-18)20-13-14-22(23)21(15-20)17(2)19-11-7-4-8-12-19;/h3-17,23H,1-2H3;/q;+1/p-1. The second kappa shape index (κ2) is 8.53. The summed E-state index contributed by atoms with van der Waals surface area (Å²) in [5.74, 6) is 0.496. The van der Waals surface area contributed by atoms with Crippen molar-refractivity contribution in [2.75, 3.05) is 0 Å². The fourth-order valence-corrected chi connectivity index (χ4v) is 3.03. The van der Waals surface area contributed by atoms with Crippen molar-refractivity contribution in [1.29, 1.82) is 0 Å². The Kier molecular flexibility index (Phi) is 6.68. The Bertz CT molecular complexity index is 768. The molecular formula is C22H21NaO. The van der Waals surface area contributed by atoms with Gasteiger partial charge in [-0.2, -0.15) is 0 Å². The summed E-state index contributed by atoms with van der Waals surface area (Å²) in [5, 5.41) is 12.3. The van der Waals surface area contributed by atoms with Gasteiger partial charge < -0.3 is 5.11 Å². The molecule has 0 aromatic heterocycles. The SMILES string of the molecule is CC(c1ccccc1)c1ccc([O-])c(C(C)c2ccccc2)c1.[Na+]. The summed E-state index contributed by atoms with van der Waals surface area (Å²) in [6.45, 7) is 4.29. The van der Waals surface area contributed by atoms with E-state index in [2.05, 4.69) is 56.3 Å². The molecule has 24 heavy (non-hydrogen) atoms. The van der Waals surface area contributed by atoms with Crippen LogP contribution in [0.2, 0.25) is 0 Å². The van der Waals surface area contributed by atoms with Crippen LogP contribution in [0.1, 0.15) is 47.9 Å². The normalized spacial score (nSPS) is 12.9. The maximum Gasteiger partial charge on any atom is 1.00 e. The van der Waals surface area contributed by atoms with Gasteiger partial charge in [0.15, 0.2) is 0 Å². The first-order valence-corrected chi connectivity index (χ1v) is 8.07. The van der Waals surface area contributed by atoms with Crippen LogP contribution in [0.3, 0.4) is 0 Å². The summed E-state index contributed by atoms with van der Waals surface area (Å²) in [5.41, 5.74) is 4.50. The molecule has 0 N–H and O–H groups in total. The molecule has 3 rings (SSSR count). The molecule has 2 heteroatoms. The van der Waals surface area contributed by atoms with Crippen molar-refractivity contribution in [1.82, 2.24) is 0 Å². The number of benzene rings is 3. The monoisotopic (exact) mass is 324 g/mol. The van der Waals surface area contributed by atoms with Crippen LogP contribution >= 0.6 is 0 Å². The Balaban J connectivity index is 0.00000208. The van der Waals surface area contributed by atoms with Crippen molar-refractivity contribution in [3.8, 4) is 5.75 Å². The molecule has 0 aliphatic heterocycles. The van der Waals surface area contributed by atoms with E-state index in [9.17, 15) is 5.11 Å². The molecule has 0 spiro atoms. The van der Waals surface area contributed by atoms with Crippen LogP contribution in [-0.2, 0) is 0 Å². The molecule has 0 aliphatic carbocycles. The van der Waals surface area contributed by atoms with Gasteiger partial charge in [-0.1, -0.05) is 92.7 Å². The van der Waals surface area contributed by atoms with Gasteiger partial charge >= 0.3 is 29.6 Å². The van der Waals surface area contributed by atoms with Crippen LogP contribution in [0, 0.1) is 0 Å². The van der Waals surface area contributed by atoms with Crippen LogP contribution in [0.5, 0.6) is 5.75 Å². The average molecular weight is 324 g/mol. The number of hydrogen-bond donors (Lipinski definition) is 0. The molecule has 2 atom stereocenters. The van der Waals surface area contributed by atoms with E-state index in [0.717, 1.165) is 5.56 Å². The van der Waals surface area contributed by atoms with E-state index in [-0.39, 0.29) is 47.1 Å². The van der Waals surface area contributed by atoms with Gasteiger partial charge in [-0.15, -0.1) is 5.75 Å². The molecule has 3 aromatic carbocycles. The maximum atomic E-state index is 12.3. The number of rotatable bonds is 4. The molecule has 116 valence electrons. The summed E-state index contributed by atoms with van der Waals surface area (Å²) >= 11 is 0. The van der Waals surface area contributed by atoms with Crippen LogP contribution in [0.15, 0.2) is 78.9 Å². The van der Waals surface area contributed by atoms with Gasteiger partial charge in [-0.05, 0) is 22.3 Å². The van der Waals surface area contributed by atoms with Crippen molar-refractivity contribution < 1.29 is 34.7 Å². The van der Waals surface area contributed by atoms with Crippen molar-refractivity contribution in [2.24, 2.45) is 0 Å². The third kappa shape index (κ3) is 4.10. The molecule has 0 heterocycles. The minimum Gasteiger partial charge on any atom is -0.872 e. The number of hydrogen-bond acceptors (Lipinski definition) is 1. The molecule has 0 radical (unpaired) electrons. The Labute approximate surface area is 166 Å². The van der Waals surface area contributed by atoms with E-state index in [1.165, 1.54) is 16.7 Å². The van der Waals surface area contributed by atoms with Gasteiger partial charge in [0.1, 0.15) is 0 Å². The first-order valence-electron chi connectivity index (χ1n) is 8.07. The van der Waals surface area contributed by atoms with Gasteiger partial charge in [0.25, 0.3) is 0 Å². The van der Waals surface area contributed by atoms with Gasteiger partial charge in [0.05, 0.1) is 0 Å². The van der Waals surface area contributed by atoms with E-state index in [4.69, 9.17) is 0 Å². The van der Waals surface area contributed by atoms with E-state index in [0.29, 0.717) is 0 Å². The molecule has 0 aliphatic rings. The van der Waals surface area contributed by atoms with Crippen LogP contribution in [0.25, 0.3) is 0 Å². The fourth-order valence-electron chi connectivity index (χ4n) is 3.03. The fraction of sp³-hybridized carbons (Fsp3) is 0.182. The second-order valence-corrected chi connectivity index (χ2v) is 6.06. The van der Waals surface area contributed by atoms with E-state index in [1.54, 1.807) is 6.07 Å². The zero-order chi connectivity index (χ0) is 16.2. The van der Waals surface area contributed by atoms with Crippen LogP contribution in [0.4, 0.5) is 0 Å². The summed E-state index contributed by atoms with van der Waals surface area (Å²) in [7, 11) is 0. The molecule has 0 saturated carbocycles. The van der Waals surface area contributed by atoms with E-state index >= 15 is 0 Å². The Morgan fingerprint density at radius 2 is 1.12 bits per heavy atom. The topological polar surface area (TPSA) is 23.1 Å². The Morgan fingerprint density at radius 3 is 1.67 bits per heavy atom. The minimum atomic E-state index is 0. The van der Waals surface area contributed by atoms with Gasteiger partial charge in [-0.25, -0.2) is 0 Å². The Morgan fingerprint density at radius 1 is 0.625 bits per heavy atom. The first-order chi connectivity index (χ1) is 11.2. The van der Waals surface area contributed by atoms with Gasteiger partial charge in [-0.3, -0.25) is 0 Å². The third-order valence-corrected chi connectivity index (χ3v) is 4.60. The van der Waals surface area contributed by atoms with Gasteiger partial charge in [0.2, 0.25) is 0 Å². The van der Waals surface area contributed by atoms with Crippen molar-refractivity contribution in [3.63, 3.8) is 0 Å². The predicted octanol–water partition coefficient (Wildman–Crippen LogP) is 2.07. The predicted molar refractivity (Wildman–Crippen MR) is 93.8 cm³/mol. The van der Waals surface area contributed by atoms with Gasteiger partial charge in [0, 0.05) is 11.8 Å². The van der Waals surface area contributed by atoms with Crippen LogP contribution < -0.4 is 34.7 Å². The molecule has 1 nitrogen and oxygen atoms in total. The Hall–Kier alpha value is -1.54. The molecule has 3 aromatic rings. The molecule has 0 amide bonds. The summed E-state index contributed by atoms with van der Waals surface area (Å²) in [4.78, 5) is 0. The largest absolute Gasteiger partial charge is 1.00 e. The minimum absolute atomic E-state index is 0. The third-order valence-electron chi connectivity index (χ3n) is 4.60. The second-order valence-electron chi connectivity index (χ2n) is 6.06.